The maximum absolute atomic E-state index is 9.89. The van der Waals surface area contributed by atoms with Crippen LogP contribution in [0.25, 0.3) is 0 Å². The standard InChI is InChI=1S/C14H15N3O2/c15-8-12-4-2-6-17(12)9-13(18)10-19-14-5-1-3-11(16)7-14/h1-7,13,18H,9-10,16H2. The van der Waals surface area contributed by atoms with E-state index in [2.05, 4.69) is 6.07 Å². The molecule has 5 nitrogen and oxygen atoms in total. The minimum absolute atomic E-state index is 0.145. The maximum atomic E-state index is 9.89. The second-order valence-corrected chi connectivity index (χ2v) is 4.19. The topological polar surface area (TPSA) is 84.2 Å². The predicted molar refractivity (Wildman–Crippen MR) is 71.5 cm³/mol. The summed E-state index contributed by atoms with van der Waals surface area (Å²) in [6, 6.07) is 12.6. The molecule has 1 aromatic carbocycles. The van der Waals surface area contributed by atoms with E-state index in [1.807, 2.05) is 0 Å². The number of aliphatic hydroxyl groups is 1. The van der Waals surface area contributed by atoms with Gasteiger partial charge in [-0.1, -0.05) is 6.07 Å². The first-order valence-corrected chi connectivity index (χ1v) is 5.90. The Morgan fingerprint density at radius 2 is 2.21 bits per heavy atom. The molecule has 2 rings (SSSR count). The fourth-order valence-corrected chi connectivity index (χ4v) is 1.75. The van der Waals surface area contributed by atoms with Crippen molar-refractivity contribution >= 4 is 5.69 Å². The molecule has 3 N–H and O–H groups in total. The van der Waals surface area contributed by atoms with Gasteiger partial charge in [0.2, 0.25) is 0 Å². The van der Waals surface area contributed by atoms with Gasteiger partial charge in [-0.2, -0.15) is 5.26 Å². The van der Waals surface area contributed by atoms with Crippen LogP contribution in [0.15, 0.2) is 42.6 Å². The van der Waals surface area contributed by atoms with Gasteiger partial charge >= 0.3 is 0 Å². The molecule has 0 spiro atoms. The van der Waals surface area contributed by atoms with Gasteiger partial charge in [-0.15, -0.1) is 0 Å². The molecule has 98 valence electrons. The number of hydrogen-bond donors (Lipinski definition) is 2. The average molecular weight is 257 g/mol. The summed E-state index contributed by atoms with van der Waals surface area (Å²) in [6.07, 6.45) is 1.06. The number of benzene rings is 1. The molecule has 2 aromatic rings. The molecular formula is C14H15N3O2. The summed E-state index contributed by atoms with van der Waals surface area (Å²) >= 11 is 0. The van der Waals surface area contributed by atoms with E-state index in [0.717, 1.165) is 0 Å². The molecule has 0 aliphatic rings. The number of nitriles is 1. The summed E-state index contributed by atoms with van der Waals surface area (Å²) in [7, 11) is 0. The van der Waals surface area contributed by atoms with Gasteiger partial charge in [0.1, 0.15) is 30.2 Å². The summed E-state index contributed by atoms with van der Waals surface area (Å²) in [4.78, 5) is 0. The second-order valence-electron chi connectivity index (χ2n) is 4.19. The zero-order chi connectivity index (χ0) is 13.7. The summed E-state index contributed by atoms with van der Waals surface area (Å²) in [5.41, 5.74) is 6.76. The molecule has 0 bridgehead atoms. The van der Waals surface area contributed by atoms with Gasteiger partial charge in [0.05, 0.1) is 6.54 Å². The first-order chi connectivity index (χ1) is 9.19. The number of ether oxygens (including phenoxy) is 1. The normalized spacial score (nSPS) is 11.8. The Kier molecular flexibility index (Phi) is 4.06. The van der Waals surface area contributed by atoms with Gasteiger partial charge in [-0.05, 0) is 24.3 Å². The lowest BCUT2D eigenvalue weighted by molar-refractivity contribution is 0.0924. The van der Waals surface area contributed by atoms with Crippen molar-refractivity contribution in [2.45, 2.75) is 12.6 Å². The third-order valence-corrected chi connectivity index (χ3v) is 2.65. The predicted octanol–water partition coefficient (Wildman–Crippen LogP) is 1.38. The van der Waals surface area contributed by atoms with Crippen LogP contribution in [0, 0.1) is 11.3 Å². The highest BCUT2D eigenvalue weighted by Crippen LogP contribution is 2.14. The number of nitrogens with two attached hydrogens (primary N) is 1. The number of nitrogen functional groups attached to an aromatic ring is 1. The van der Waals surface area contributed by atoms with Crippen LogP contribution in [0.2, 0.25) is 0 Å². The minimum Gasteiger partial charge on any atom is -0.491 e. The van der Waals surface area contributed by atoms with Crippen LogP contribution in [0.5, 0.6) is 5.75 Å². The van der Waals surface area contributed by atoms with Crippen LogP contribution in [-0.4, -0.2) is 22.4 Å². The van der Waals surface area contributed by atoms with Gasteiger partial charge in [-0.25, -0.2) is 0 Å². The Morgan fingerprint density at radius 1 is 1.37 bits per heavy atom. The van der Waals surface area contributed by atoms with Crippen LogP contribution in [0.3, 0.4) is 0 Å². The molecule has 1 unspecified atom stereocenters. The fraction of sp³-hybridized carbons (Fsp3) is 0.214. The summed E-state index contributed by atoms with van der Waals surface area (Å²) in [6.45, 7) is 0.463. The summed E-state index contributed by atoms with van der Waals surface area (Å²) in [5, 5.41) is 18.7. The van der Waals surface area contributed by atoms with Gasteiger partial charge in [0, 0.05) is 18.0 Å². The lowest BCUT2D eigenvalue weighted by Gasteiger charge is -2.14. The fourth-order valence-electron chi connectivity index (χ4n) is 1.75. The number of aliphatic hydroxyl groups excluding tert-OH is 1. The van der Waals surface area contributed by atoms with E-state index in [0.29, 0.717) is 23.7 Å². The SMILES string of the molecule is N#Cc1cccn1CC(O)COc1cccc(N)c1. The molecule has 1 aromatic heterocycles. The molecule has 19 heavy (non-hydrogen) atoms. The Morgan fingerprint density at radius 3 is 2.95 bits per heavy atom. The van der Waals surface area contributed by atoms with Crippen molar-refractivity contribution in [2.24, 2.45) is 0 Å². The Labute approximate surface area is 111 Å². The molecule has 0 saturated carbocycles. The van der Waals surface area contributed by atoms with Crippen molar-refractivity contribution in [1.82, 2.24) is 4.57 Å². The molecule has 0 fully saturated rings. The summed E-state index contributed by atoms with van der Waals surface area (Å²) in [5.74, 6) is 0.618. The van der Waals surface area contributed by atoms with Crippen LogP contribution >= 0.6 is 0 Å². The van der Waals surface area contributed by atoms with Crippen molar-refractivity contribution in [2.75, 3.05) is 12.3 Å². The molecule has 0 aliphatic heterocycles. The zero-order valence-corrected chi connectivity index (χ0v) is 10.4. The van der Waals surface area contributed by atoms with Crippen molar-refractivity contribution in [3.05, 3.63) is 48.3 Å². The number of nitrogens with zero attached hydrogens (tertiary/aromatic N) is 2. The largest absolute Gasteiger partial charge is 0.491 e. The van der Waals surface area contributed by atoms with E-state index >= 15 is 0 Å². The van der Waals surface area contributed by atoms with Crippen LogP contribution < -0.4 is 10.5 Å². The van der Waals surface area contributed by atoms with E-state index in [9.17, 15) is 5.11 Å². The molecule has 1 atom stereocenters. The Balaban J connectivity index is 1.88. The smallest absolute Gasteiger partial charge is 0.121 e. The highest BCUT2D eigenvalue weighted by molar-refractivity contribution is 5.43. The van der Waals surface area contributed by atoms with Gasteiger partial charge in [-0.3, -0.25) is 0 Å². The third-order valence-electron chi connectivity index (χ3n) is 2.65. The Hall–Kier alpha value is -2.45. The molecule has 0 saturated heterocycles. The van der Waals surface area contributed by atoms with Crippen LogP contribution in [0.1, 0.15) is 5.69 Å². The van der Waals surface area contributed by atoms with Crippen molar-refractivity contribution in [3.63, 3.8) is 0 Å². The molecule has 1 heterocycles. The highest BCUT2D eigenvalue weighted by Gasteiger charge is 2.08. The van der Waals surface area contributed by atoms with E-state index in [1.165, 1.54) is 0 Å². The maximum Gasteiger partial charge on any atom is 0.121 e. The first kappa shape index (κ1) is 13.0. The average Bonchev–Trinajstić information content (AvgIpc) is 2.84. The third kappa shape index (κ3) is 3.50. The van der Waals surface area contributed by atoms with E-state index in [4.69, 9.17) is 15.7 Å². The quantitative estimate of drug-likeness (QED) is 0.792. The molecule has 5 heteroatoms. The van der Waals surface area contributed by atoms with Crippen LogP contribution in [-0.2, 0) is 6.54 Å². The molecule has 0 amide bonds. The lowest BCUT2D eigenvalue weighted by Crippen LogP contribution is -2.23. The lowest BCUT2D eigenvalue weighted by atomic mass is 10.3. The monoisotopic (exact) mass is 257 g/mol. The van der Waals surface area contributed by atoms with Gasteiger partial charge in [0.25, 0.3) is 0 Å². The highest BCUT2D eigenvalue weighted by atomic mass is 16.5. The van der Waals surface area contributed by atoms with Gasteiger partial charge in [0.15, 0.2) is 0 Å². The van der Waals surface area contributed by atoms with E-state index in [1.54, 1.807) is 47.2 Å². The summed E-state index contributed by atoms with van der Waals surface area (Å²) < 4.78 is 7.13. The molecule has 0 aliphatic carbocycles. The Bertz CT molecular complexity index is 586. The number of aromatic nitrogens is 1. The number of rotatable bonds is 5. The van der Waals surface area contributed by atoms with Crippen molar-refractivity contribution in [3.8, 4) is 11.8 Å². The number of hydrogen-bond acceptors (Lipinski definition) is 4. The van der Waals surface area contributed by atoms with Gasteiger partial charge < -0.3 is 20.1 Å². The first-order valence-electron chi connectivity index (χ1n) is 5.90. The zero-order valence-electron chi connectivity index (χ0n) is 10.4. The van der Waals surface area contributed by atoms with Crippen molar-refractivity contribution in [1.29, 1.82) is 5.26 Å². The van der Waals surface area contributed by atoms with E-state index in [-0.39, 0.29) is 6.61 Å². The van der Waals surface area contributed by atoms with Crippen molar-refractivity contribution < 1.29 is 9.84 Å². The second kappa shape index (κ2) is 5.94. The number of anilines is 1. The van der Waals surface area contributed by atoms with E-state index < -0.39 is 6.10 Å². The molecule has 0 radical (unpaired) electrons. The van der Waals surface area contributed by atoms with Crippen LogP contribution in [0.4, 0.5) is 5.69 Å². The minimum atomic E-state index is -0.694. The molecular weight excluding hydrogens is 242 g/mol.